The number of anilines is 1. The fourth-order valence-electron chi connectivity index (χ4n) is 4.81. The Hall–Kier alpha value is -2.40. The predicted octanol–water partition coefficient (Wildman–Crippen LogP) is 9.05. The first-order valence-electron chi connectivity index (χ1n) is 14.4. The van der Waals surface area contributed by atoms with Crippen molar-refractivity contribution < 1.29 is 9.53 Å². The van der Waals surface area contributed by atoms with E-state index in [-0.39, 0.29) is 11.3 Å². The Kier molecular flexibility index (Phi) is 12.1. The van der Waals surface area contributed by atoms with Gasteiger partial charge in [-0.3, -0.25) is 4.79 Å². The third-order valence-corrected chi connectivity index (χ3v) is 7.91. The molecule has 0 radical (unpaired) electrons. The van der Waals surface area contributed by atoms with Gasteiger partial charge in [-0.1, -0.05) is 96.9 Å². The van der Waals surface area contributed by atoms with Crippen LogP contribution in [0.5, 0.6) is 5.75 Å². The summed E-state index contributed by atoms with van der Waals surface area (Å²) in [6, 6.07) is 14.4. The van der Waals surface area contributed by atoms with E-state index in [4.69, 9.17) is 4.74 Å². The van der Waals surface area contributed by atoms with Crippen molar-refractivity contribution in [3.05, 3.63) is 70.3 Å². The lowest BCUT2D eigenvalue weighted by atomic mass is 9.85. The molecule has 2 aromatic carbocycles. The summed E-state index contributed by atoms with van der Waals surface area (Å²) in [5, 5.41) is 3.09. The number of amides is 1. The first-order valence-corrected chi connectivity index (χ1v) is 15.4. The minimum Gasteiger partial charge on any atom is -0.493 e. The lowest BCUT2D eigenvalue weighted by molar-refractivity contribution is -0.115. The fraction of sp³-hybridized carbons (Fsp3) is 0.545. The number of carbonyl (C=O) groups is 1. The van der Waals surface area contributed by atoms with Crippen LogP contribution in [0.15, 0.2) is 53.6 Å². The van der Waals surface area contributed by atoms with E-state index >= 15 is 0 Å². The molecule has 1 aliphatic rings. The summed E-state index contributed by atoms with van der Waals surface area (Å²) in [4.78, 5) is 16.6. The number of hydrogen-bond donors (Lipinski definition) is 1. The number of rotatable bonds is 15. The molecule has 0 atom stereocenters. The molecule has 1 amide bonds. The third kappa shape index (κ3) is 10.4. The first-order chi connectivity index (χ1) is 18.2. The maximum absolute atomic E-state index is 12.9. The van der Waals surface area contributed by atoms with Gasteiger partial charge in [0.1, 0.15) is 5.75 Å². The minimum atomic E-state index is -0.0165. The lowest BCUT2D eigenvalue weighted by Gasteiger charge is -2.23. The van der Waals surface area contributed by atoms with Crippen LogP contribution in [0.3, 0.4) is 0 Å². The van der Waals surface area contributed by atoms with Crippen LogP contribution in [-0.2, 0) is 23.2 Å². The molecule has 0 unspecified atom stereocenters. The van der Waals surface area contributed by atoms with Crippen molar-refractivity contribution in [1.29, 1.82) is 0 Å². The Bertz CT molecular complexity index is 1060. The molecule has 0 bridgehead atoms. The van der Waals surface area contributed by atoms with Gasteiger partial charge in [-0.15, -0.1) is 11.8 Å². The SMILES string of the molecule is CCCCCCCCCCOc1cc(CC(=O)Nc2cccc(CN3C=C(C)SC3)c2)ccc1C(C)(C)C. The number of benzene rings is 2. The summed E-state index contributed by atoms with van der Waals surface area (Å²) in [5.74, 6) is 1.89. The van der Waals surface area contributed by atoms with Crippen LogP contribution in [0.1, 0.15) is 103 Å². The summed E-state index contributed by atoms with van der Waals surface area (Å²) in [6.45, 7) is 12.6. The molecule has 0 spiro atoms. The zero-order valence-electron chi connectivity index (χ0n) is 24.3. The molecule has 3 rings (SSSR count). The van der Waals surface area contributed by atoms with Gasteiger partial charge in [-0.2, -0.15) is 0 Å². The van der Waals surface area contributed by atoms with E-state index < -0.39 is 0 Å². The summed E-state index contributed by atoms with van der Waals surface area (Å²) in [7, 11) is 0. The van der Waals surface area contributed by atoms with Gasteiger partial charge in [-0.25, -0.2) is 0 Å². The predicted molar refractivity (Wildman–Crippen MR) is 164 cm³/mol. The molecule has 1 N–H and O–H groups in total. The molecule has 0 saturated carbocycles. The number of thioether (sulfide) groups is 1. The molecular formula is C33H48N2O2S. The molecular weight excluding hydrogens is 488 g/mol. The average Bonchev–Trinajstić information content (AvgIpc) is 3.26. The van der Waals surface area contributed by atoms with E-state index in [1.165, 1.54) is 61.0 Å². The van der Waals surface area contributed by atoms with Gasteiger partial charge in [0, 0.05) is 18.4 Å². The topological polar surface area (TPSA) is 41.6 Å². The molecule has 0 aliphatic carbocycles. The number of allylic oxidation sites excluding steroid dienone is 1. The summed E-state index contributed by atoms with van der Waals surface area (Å²) >= 11 is 1.86. The van der Waals surface area contributed by atoms with Crippen LogP contribution >= 0.6 is 11.8 Å². The zero-order chi connectivity index (χ0) is 27.4. The van der Waals surface area contributed by atoms with Crippen LogP contribution in [0.25, 0.3) is 0 Å². The van der Waals surface area contributed by atoms with Gasteiger partial charge in [0.25, 0.3) is 0 Å². The second kappa shape index (κ2) is 15.3. The number of carbonyl (C=O) groups excluding carboxylic acids is 1. The van der Waals surface area contributed by atoms with E-state index in [1.807, 2.05) is 23.9 Å². The van der Waals surface area contributed by atoms with Crippen molar-refractivity contribution in [2.45, 2.75) is 104 Å². The normalized spacial score (nSPS) is 13.5. The van der Waals surface area contributed by atoms with Crippen molar-refractivity contribution in [2.24, 2.45) is 0 Å². The Morgan fingerprint density at radius 2 is 1.71 bits per heavy atom. The van der Waals surface area contributed by atoms with Crippen LogP contribution in [0, 0.1) is 0 Å². The first kappa shape index (κ1) is 30.1. The minimum absolute atomic E-state index is 0.00727. The molecule has 0 fully saturated rings. The van der Waals surface area contributed by atoms with E-state index in [9.17, 15) is 4.79 Å². The number of nitrogens with one attached hydrogen (secondary N) is 1. The van der Waals surface area contributed by atoms with Crippen molar-refractivity contribution in [3.8, 4) is 5.75 Å². The van der Waals surface area contributed by atoms with Crippen LogP contribution in [0.2, 0.25) is 0 Å². The Labute approximate surface area is 235 Å². The maximum Gasteiger partial charge on any atom is 0.228 e. The molecule has 4 nitrogen and oxygen atoms in total. The lowest BCUT2D eigenvalue weighted by Crippen LogP contribution is -2.17. The Morgan fingerprint density at radius 3 is 2.39 bits per heavy atom. The van der Waals surface area contributed by atoms with E-state index in [1.54, 1.807) is 0 Å². The highest BCUT2D eigenvalue weighted by Gasteiger charge is 2.20. The van der Waals surface area contributed by atoms with Gasteiger partial charge in [0.15, 0.2) is 0 Å². The van der Waals surface area contributed by atoms with Gasteiger partial charge < -0.3 is 15.0 Å². The number of unbranched alkanes of at least 4 members (excludes halogenated alkanes) is 7. The number of nitrogens with zero attached hydrogens (tertiary/aromatic N) is 1. The molecule has 0 aromatic heterocycles. The van der Waals surface area contributed by atoms with E-state index in [2.05, 4.69) is 81.4 Å². The molecule has 208 valence electrons. The number of ether oxygens (including phenoxy) is 1. The summed E-state index contributed by atoms with van der Waals surface area (Å²) < 4.78 is 6.29. The van der Waals surface area contributed by atoms with E-state index in [0.717, 1.165) is 42.4 Å². The molecule has 2 aromatic rings. The van der Waals surface area contributed by atoms with Crippen LogP contribution in [0.4, 0.5) is 5.69 Å². The van der Waals surface area contributed by atoms with Crippen LogP contribution in [-0.4, -0.2) is 23.3 Å². The average molecular weight is 537 g/mol. The number of hydrogen-bond acceptors (Lipinski definition) is 4. The standard InChI is InChI=1S/C33H48N2O2S/c1-6-7-8-9-10-11-12-13-19-37-31-21-27(17-18-30(31)33(3,4)5)22-32(36)34-29-16-14-15-28(20-29)24-35-23-26(2)38-25-35/h14-18,20-21,23H,6-13,19,22,24-25H2,1-5H3,(H,34,36). The monoisotopic (exact) mass is 536 g/mol. The van der Waals surface area contributed by atoms with E-state index in [0.29, 0.717) is 6.42 Å². The molecule has 1 heterocycles. The molecule has 0 saturated heterocycles. The van der Waals surface area contributed by atoms with Gasteiger partial charge >= 0.3 is 0 Å². The van der Waals surface area contributed by atoms with Gasteiger partial charge in [0.2, 0.25) is 5.91 Å². The highest BCUT2D eigenvalue weighted by molar-refractivity contribution is 8.03. The van der Waals surface area contributed by atoms with Crippen molar-refractivity contribution >= 4 is 23.4 Å². The summed E-state index contributed by atoms with van der Waals surface area (Å²) in [5.41, 5.74) is 4.20. The molecule has 5 heteroatoms. The maximum atomic E-state index is 12.9. The second-order valence-electron chi connectivity index (χ2n) is 11.6. The Morgan fingerprint density at radius 1 is 0.974 bits per heavy atom. The quantitative estimate of drug-likeness (QED) is 0.231. The second-order valence-corrected chi connectivity index (χ2v) is 12.8. The van der Waals surface area contributed by atoms with Gasteiger partial charge in [-0.05, 0) is 58.6 Å². The largest absolute Gasteiger partial charge is 0.493 e. The van der Waals surface area contributed by atoms with Crippen molar-refractivity contribution in [1.82, 2.24) is 4.90 Å². The van der Waals surface area contributed by atoms with Crippen molar-refractivity contribution in [3.63, 3.8) is 0 Å². The molecule has 38 heavy (non-hydrogen) atoms. The third-order valence-electron chi connectivity index (χ3n) is 6.89. The smallest absolute Gasteiger partial charge is 0.228 e. The fourth-order valence-corrected chi connectivity index (χ4v) is 5.57. The highest BCUT2D eigenvalue weighted by Crippen LogP contribution is 2.33. The highest BCUT2D eigenvalue weighted by atomic mass is 32.2. The Balaban J connectivity index is 1.53. The van der Waals surface area contributed by atoms with Gasteiger partial charge in [0.05, 0.1) is 18.9 Å². The zero-order valence-corrected chi connectivity index (χ0v) is 25.1. The van der Waals surface area contributed by atoms with Crippen molar-refractivity contribution in [2.75, 3.05) is 17.8 Å². The summed E-state index contributed by atoms with van der Waals surface area (Å²) in [6.07, 6.45) is 12.8. The molecule has 1 aliphatic heterocycles. The van der Waals surface area contributed by atoms with Crippen LogP contribution < -0.4 is 10.1 Å².